The number of halogens is 1. The highest BCUT2D eigenvalue weighted by atomic mass is 35.5. The molecule has 0 bridgehead atoms. The highest BCUT2D eigenvalue weighted by Gasteiger charge is 2.29. The van der Waals surface area contributed by atoms with E-state index < -0.39 is 10.2 Å². The van der Waals surface area contributed by atoms with Crippen molar-refractivity contribution in [3.63, 3.8) is 0 Å². The molecule has 0 aromatic carbocycles. The van der Waals surface area contributed by atoms with Gasteiger partial charge in [-0.1, -0.05) is 20.3 Å². The van der Waals surface area contributed by atoms with Crippen molar-refractivity contribution in [2.45, 2.75) is 52.5 Å². The fraction of sp³-hybridized carbons (Fsp3) is 1.00. The third-order valence-electron chi connectivity index (χ3n) is 3.11. The molecule has 0 spiro atoms. The van der Waals surface area contributed by atoms with Crippen molar-refractivity contribution >= 4 is 21.8 Å². The molecule has 0 rings (SSSR count). The summed E-state index contributed by atoms with van der Waals surface area (Å²) in [5.41, 5.74) is 0. The lowest BCUT2D eigenvalue weighted by Crippen LogP contribution is -2.46. The second kappa shape index (κ2) is 9.13. The van der Waals surface area contributed by atoms with Gasteiger partial charge >= 0.3 is 0 Å². The Morgan fingerprint density at radius 1 is 1.17 bits per heavy atom. The second-order valence-corrected chi connectivity index (χ2v) is 6.96. The highest BCUT2D eigenvalue weighted by Crippen LogP contribution is 2.15. The van der Waals surface area contributed by atoms with E-state index in [4.69, 9.17) is 11.6 Å². The first-order valence-electron chi connectivity index (χ1n) is 6.70. The Labute approximate surface area is 117 Å². The van der Waals surface area contributed by atoms with Gasteiger partial charge in [-0.3, -0.25) is 0 Å². The molecule has 0 amide bonds. The summed E-state index contributed by atoms with van der Waals surface area (Å²) in [7, 11) is -1.72. The summed E-state index contributed by atoms with van der Waals surface area (Å²) < 4.78 is 27.9. The van der Waals surface area contributed by atoms with Crippen LogP contribution in [0.15, 0.2) is 0 Å². The maximum Gasteiger partial charge on any atom is 0.281 e. The Morgan fingerprint density at radius 2 is 1.78 bits per heavy atom. The minimum absolute atomic E-state index is 0.0417. The molecule has 0 aromatic heterocycles. The fourth-order valence-corrected chi connectivity index (χ4v) is 3.46. The Kier molecular flexibility index (Phi) is 9.21. The molecule has 0 N–H and O–H groups in total. The number of nitrogens with zero attached hydrogens (tertiary/aromatic N) is 2. The van der Waals surface area contributed by atoms with Crippen molar-refractivity contribution in [2.24, 2.45) is 0 Å². The van der Waals surface area contributed by atoms with Crippen LogP contribution in [0.2, 0.25) is 0 Å². The summed E-state index contributed by atoms with van der Waals surface area (Å²) in [6, 6.07) is 0.0417. The van der Waals surface area contributed by atoms with Crippen molar-refractivity contribution in [2.75, 3.05) is 26.0 Å². The van der Waals surface area contributed by atoms with Crippen molar-refractivity contribution in [1.29, 1.82) is 0 Å². The van der Waals surface area contributed by atoms with E-state index in [1.165, 1.54) is 4.31 Å². The Balaban J connectivity index is 4.83. The Bertz CT molecular complexity index is 309. The van der Waals surface area contributed by atoms with E-state index in [1.807, 2.05) is 13.8 Å². The summed E-state index contributed by atoms with van der Waals surface area (Å²) >= 11 is 5.61. The molecule has 4 nitrogen and oxygen atoms in total. The number of unbranched alkanes of at least 4 members (excludes halogenated alkanes) is 1. The zero-order valence-corrected chi connectivity index (χ0v) is 13.6. The number of hydrogen-bond donors (Lipinski definition) is 0. The van der Waals surface area contributed by atoms with Crippen molar-refractivity contribution in [3.8, 4) is 0 Å². The minimum atomic E-state index is -3.35. The normalized spacial score (nSPS) is 14.4. The van der Waals surface area contributed by atoms with Gasteiger partial charge in [-0.15, -0.1) is 11.6 Å². The zero-order chi connectivity index (χ0) is 14.2. The van der Waals surface area contributed by atoms with Gasteiger partial charge in [0.1, 0.15) is 0 Å². The average Bonchev–Trinajstić information content (AvgIpc) is 2.35. The lowest BCUT2D eigenvalue weighted by molar-refractivity contribution is 0.296. The molecular weight excluding hydrogens is 272 g/mol. The molecule has 0 aliphatic rings. The van der Waals surface area contributed by atoms with Crippen LogP contribution in [0.4, 0.5) is 0 Å². The maximum absolute atomic E-state index is 12.5. The number of alkyl halides is 1. The van der Waals surface area contributed by atoms with Crippen LogP contribution in [0.1, 0.15) is 46.5 Å². The first-order chi connectivity index (χ1) is 8.41. The smallest absolute Gasteiger partial charge is 0.195 e. The molecule has 0 aromatic rings. The topological polar surface area (TPSA) is 40.6 Å². The van der Waals surface area contributed by atoms with E-state index >= 15 is 0 Å². The molecule has 6 heteroatoms. The lowest BCUT2D eigenvalue weighted by atomic mass is 10.2. The monoisotopic (exact) mass is 298 g/mol. The van der Waals surface area contributed by atoms with Crippen LogP contribution in [0.3, 0.4) is 0 Å². The van der Waals surface area contributed by atoms with Gasteiger partial charge in [0.05, 0.1) is 0 Å². The summed E-state index contributed by atoms with van der Waals surface area (Å²) in [6.45, 7) is 7.11. The molecule has 0 radical (unpaired) electrons. The number of rotatable bonds is 10. The van der Waals surface area contributed by atoms with E-state index in [1.54, 1.807) is 11.4 Å². The van der Waals surface area contributed by atoms with Crippen LogP contribution in [0.5, 0.6) is 0 Å². The molecule has 0 fully saturated rings. The molecule has 110 valence electrons. The molecule has 0 aliphatic carbocycles. The molecule has 1 unspecified atom stereocenters. The molecule has 18 heavy (non-hydrogen) atoms. The van der Waals surface area contributed by atoms with Crippen LogP contribution in [-0.2, 0) is 10.2 Å². The largest absolute Gasteiger partial charge is 0.281 e. The van der Waals surface area contributed by atoms with Crippen LogP contribution < -0.4 is 0 Å². The van der Waals surface area contributed by atoms with Crippen molar-refractivity contribution < 1.29 is 8.42 Å². The zero-order valence-electron chi connectivity index (χ0n) is 12.0. The van der Waals surface area contributed by atoms with Gasteiger partial charge in [0.2, 0.25) is 0 Å². The Hall–Kier alpha value is 0.160. The third kappa shape index (κ3) is 5.43. The van der Waals surface area contributed by atoms with Gasteiger partial charge in [-0.05, 0) is 26.2 Å². The first kappa shape index (κ1) is 18.2. The van der Waals surface area contributed by atoms with Crippen LogP contribution >= 0.6 is 11.6 Å². The lowest BCUT2D eigenvalue weighted by Gasteiger charge is -2.31. The standard InChI is InChI=1S/C12H27ClN2O2S/c1-5-7-11-15(12(3)6-2)18(16,17)14(4)10-8-9-13/h12H,5-11H2,1-4H3. The first-order valence-corrected chi connectivity index (χ1v) is 8.63. The number of hydrogen-bond acceptors (Lipinski definition) is 2. The van der Waals surface area contributed by atoms with Crippen molar-refractivity contribution in [3.05, 3.63) is 0 Å². The van der Waals surface area contributed by atoms with Gasteiger partial charge in [0.15, 0.2) is 0 Å². The summed E-state index contributed by atoms with van der Waals surface area (Å²) in [5, 5.41) is 0. The van der Waals surface area contributed by atoms with Crippen LogP contribution in [0, 0.1) is 0 Å². The predicted molar refractivity (Wildman–Crippen MR) is 78.3 cm³/mol. The van der Waals surface area contributed by atoms with Gasteiger partial charge in [-0.25, -0.2) is 0 Å². The molecular formula is C12H27ClN2O2S. The van der Waals surface area contributed by atoms with E-state index in [2.05, 4.69) is 6.92 Å². The van der Waals surface area contributed by atoms with Gasteiger partial charge in [-0.2, -0.15) is 17.0 Å². The van der Waals surface area contributed by atoms with E-state index in [0.717, 1.165) is 19.3 Å². The SMILES string of the molecule is CCCCN(C(C)CC)S(=O)(=O)N(C)CCCCl. The Morgan fingerprint density at radius 3 is 2.22 bits per heavy atom. The third-order valence-corrected chi connectivity index (χ3v) is 5.48. The average molecular weight is 299 g/mol. The van der Waals surface area contributed by atoms with Crippen molar-refractivity contribution in [1.82, 2.24) is 8.61 Å². The van der Waals surface area contributed by atoms with Crippen LogP contribution in [0.25, 0.3) is 0 Å². The summed E-state index contributed by atoms with van der Waals surface area (Å²) in [6.07, 6.45) is 3.40. The summed E-state index contributed by atoms with van der Waals surface area (Å²) in [5.74, 6) is 0.484. The molecule has 1 atom stereocenters. The van der Waals surface area contributed by atoms with Crippen LogP contribution in [-0.4, -0.2) is 49.1 Å². The molecule has 0 saturated carbocycles. The van der Waals surface area contributed by atoms with Gasteiger partial charge < -0.3 is 0 Å². The van der Waals surface area contributed by atoms with E-state index in [9.17, 15) is 8.42 Å². The maximum atomic E-state index is 12.5. The fourth-order valence-electron chi connectivity index (χ4n) is 1.66. The molecule has 0 saturated heterocycles. The highest BCUT2D eigenvalue weighted by molar-refractivity contribution is 7.86. The van der Waals surface area contributed by atoms with Gasteiger partial charge in [0.25, 0.3) is 10.2 Å². The summed E-state index contributed by atoms with van der Waals surface area (Å²) in [4.78, 5) is 0. The van der Waals surface area contributed by atoms with Gasteiger partial charge in [0, 0.05) is 32.1 Å². The predicted octanol–water partition coefficient (Wildman–Crippen LogP) is 2.69. The minimum Gasteiger partial charge on any atom is -0.195 e. The molecule has 0 heterocycles. The second-order valence-electron chi connectivity index (χ2n) is 4.59. The van der Waals surface area contributed by atoms with E-state index in [0.29, 0.717) is 25.4 Å². The van der Waals surface area contributed by atoms with E-state index in [-0.39, 0.29) is 6.04 Å². The quantitative estimate of drug-likeness (QED) is 0.582. The molecule has 0 aliphatic heterocycles.